The molecule has 0 unspecified atom stereocenters. The predicted octanol–water partition coefficient (Wildman–Crippen LogP) is 4.62. The van der Waals surface area contributed by atoms with Gasteiger partial charge in [0.1, 0.15) is 5.01 Å². The van der Waals surface area contributed by atoms with Gasteiger partial charge in [-0.25, -0.2) is 13.4 Å². The number of thiazole rings is 1. The molecule has 6 nitrogen and oxygen atoms in total. The van der Waals surface area contributed by atoms with Crippen molar-refractivity contribution in [2.45, 2.75) is 37.6 Å². The van der Waals surface area contributed by atoms with Crippen LogP contribution in [0.5, 0.6) is 11.5 Å². The Labute approximate surface area is 175 Å². The van der Waals surface area contributed by atoms with Crippen LogP contribution in [0.25, 0.3) is 10.2 Å². The molecule has 1 atom stereocenters. The van der Waals surface area contributed by atoms with Crippen LogP contribution in [0.1, 0.15) is 37.7 Å². The number of nitrogens with zero attached hydrogens (tertiary/aromatic N) is 2. The first kappa shape index (κ1) is 20.1. The van der Waals surface area contributed by atoms with Gasteiger partial charge in [0.15, 0.2) is 11.5 Å². The van der Waals surface area contributed by atoms with Crippen LogP contribution in [0.3, 0.4) is 0 Å². The molecule has 1 aliphatic rings. The van der Waals surface area contributed by atoms with Crippen molar-refractivity contribution in [3.63, 3.8) is 0 Å². The molecule has 29 heavy (non-hydrogen) atoms. The van der Waals surface area contributed by atoms with Gasteiger partial charge in [-0.05, 0) is 51.0 Å². The van der Waals surface area contributed by atoms with E-state index in [4.69, 9.17) is 14.5 Å². The van der Waals surface area contributed by atoms with Crippen LogP contribution >= 0.6 is 11.3 Å². The number of hydrogen-bond acceptors (Lipinski definition) is 6. The van der Waals surface area contributed by atoms with Gasteiger partial charge in [0.25, 0.3) is 0 Å². The third-order valence-corrected chi connectivity index (χ3v) is 7.96. The molecule has 0 bridgehead atoms. The summed E-state index contributed by atoms with van der Waals surface area (Å²) in [7, 11) is -3.68. The van der Waals surface area contributed by atoms with E-state index in [9.17, 15) is 8.42 Å². The zero-order valence-electron chi connectivity index (χ0n) is 16.5. The van der Waals surface area contributed by atoms with E-state index < -0.39 is 10.0 Å². The van der Waals surface area contributed by atoms with Crippen LogP contribution < -0.4 is 9.47 Å². The monoisotopic (exact) mass is 432 g/mol. The molecular weight excluding hydrogens is 408 g/mol. The van der Waals surface area contributed by atoms with E-state index in [1.54, 1.807) is 33.8 Å². The maximum Gasteiger partial charge on any atom is 0.243 e. The van der Waals surface area contributed by atoms with Crippen molar-refractivity contribution < 1.29 is 17.9 Å². The summed E-state index contributed by atoms with van der Waals surface area (Å²) >= 11 is 1.57. The lowest BCUT2D eigenvalue weighted by atomic mass is 10.2. The van der Waals surface area contributed by atoms with Gasteiger partial charge in [0.05, 0.1) is 34.4 Å². The van der Waals surface area contributed by atoms with Crippen molar-refractivity contribution in [1.29, 1.82) is 0 Å². The number of ether oxygens (including phenoxy) is 2. The lowest BCUT2D eigenvalue weighted by Crippen LogP contribution is -2.30. The molecule has 0 amide bonds. The van der Waals surface area contributed by atoms with Crippen molar-refractivity contribution in [3.05, 3.63) is 47.5 Å². The first-order valence-corrected chi connectivity index (χ1v) is 12.1. The largest absolute Gasteiger partial charge is 0.490 e. The summed E-state index contributed by atoms with van der Waals surface area (Å²) in [5.41, 5.74) is 0.913. The third-order valence-electron chi connectivity index (χ3n) is 4.92. The van der Waals surface area contributed by atoms with Gasteiger partial charge in [-0.1, -0.05) is 12.1 Å². The Morgan fingerprint density at radius 3 is 2.62 bits per heavy atom. The van der Waals surface area contributed by atoms with Crippen LogP contribution in [0.2, 0.25) is 0 Å². The number of aromatic nitrogens is 1. The number of para-hydroxylation sites is 1. The number of sulfonamides is 1. The normalized spacial score (nSPS) is 17.7. The SMILES string of the molecule is CCOc1ccc(S(=O)(=O)N2CCC[C@@H]2c2nc3ccccc3s2)cc1OCC. The second-order valence-corrected chi connectivity index (χ2v) is 9.72. The van der Waals surface area contributed by atoms with Crippen molar-refractivity contribution in [2.75, 3.05) is 19.8 Å². The fraction of sp³-hybridized carbons (Fsp3) is 0.381. The maximum atomic E-state index is 13.5. The van der Waals surface area contributed by atoms with Gasteiger partial charge in [0.2, 0.25) is 10.0 Å². The second kappa shape index (κ2) is 8.30. The standard InChI is InChI=1S/C21H24N2O4S2/c1-3-26-18-12-11-15(14-19(18)27-4-2)29(24,25)23-13-7-9-17(23)21-22-16-8-5-6-10-20(16)28-21/h5-6,8,10-12,14,17H,3-4,7,9,13H2,1-2H3/t17-/m1/s1. The van der Waals surface area contributed by atoms with E-state index in [-0.39, 0.29) is 10.9 Å². The summed E-state index contributed by atoms with van der Waals surface area (Å²) in [6, 6.07) is 12.5. The molecule has 2 aromatic carbocycles. The summed E-state index contributed by atoms with van der Waals surface area (Å²) in [5, 5.41) is 0.850. The average Bonchev–Trinajstić information content (AvgIpc) is 3.36. The molecule has 154 valence electrons. The Balaban J connectivity index is 1.69. The lowest BCUT2D eigenvalue weighted by Gasteiger charge is -2.23. The zero-order valence-corrected chi connectivity index (χ0v) is 18.1. The van der Waals surface area contributed by atoms with E-state index in [1.807, 2.05) is 38.1 Å². The van der Waals surface area contributed by atoms with E-state index in [0.29, 0.717) is 31.3 Å². The first-order chi connectivity index (χ1) is 14.0. The van der Waals surface area contributed by atoms with Crippen LogP contribution in [-0.4, -0.2) is 37.5 Å². The van der Waals surface area contributed by atoms with Crippen molar-refractivity contribution >= 4 is 31.6 Å². The first-order valence-electron chi connectivity index (χ1n) is 9.81. The molecule has 0 spiro atoms. The minimum atomic E-state index is -3.68. The van der Waals surface area contributed by atoms with Gasteiger partial charge in [-0.3, -0.25) is 0 Å². The lowest BCUT2D eigenvalue weighted by molar-refractivity contribution is 0.287. The number of rotatable bonds is 7. The van der Waals surface area contributed by atoms with E-state index in [2.05, 4.69) is 0 Å². The second-order valence-electron chi connectivity index (χ2n) is 6.77. The Kier molecular flexibility index (Phi) is 5.76. The Bertz CT molecular complexity index is 1080. The summed E-state index contributed by atoms with van der Waals surface area (Å²) in [6.45, 7) is 5.15. The molecule has 1 aliphatic heterocycles. The number of benzene rings is 2. The topological polar surface area (TPSA) is 68.7 Å². The van der Waals surface area contributed by atoms with Gasteiger partial charge >= 0.3 is 0 Å². The minimum absolute atomic E-state index is 0.220. The molecule has 4 rings (SSSR count). The minimum Gasteiger partial charge on any atom is -0.490 e. The maximum absolute atomic E-state index is 13.5. The number of fused-ring (bicyclic) bond motifs is 1. The molecular formula is C21H24N2O4S2. The fourth-order valence-corrected chi connectivity index (χ4v) is 6.49. The highest BCUT2D eigenvalue weighted by atomic mass is 32.2. The third kappa shape index (κ3) is 3.84. The molecule has 2 heterocycles. The molecule has 0 radical (unpaired) electrons. The molecule has 1 fully saturated rings. The van der Waals surface area contributed by atoms with Crippen molar-refractivity contribution in [3.8, 4) is 11.5 Å². The Morgan fingerprint density at radius 2 is 1.86 bits per heavy atom. The molecule has 3 aromatic rings. The Morgan fingerprint density at radius 1 is 1.10 bits per heavy atom. The van der Waals surface area contributed by atoms with Gasteiger partial charge in [-0.2, -0.15) is 4.31 Å². The quantitative estimate of drug-likeness (QED) is 0.545. The highest BCUT2D eigenvalue weighted by Crippen LogP contribution is 2.40. The highest BCUT2D eigenvalue weighted by Gasteiger charge is 2.38. The molecule has 8 heteroatoms. The highest BCUT2D eigenvalue weighted by molar-refractivity contribution is 7.89. The fourth-order valence-electron chi connectivity index (χ4n) is 3.63. The summed E-state index contributed by atoms with van der Waals surface area (Å²) in [4.78, 5) is 4.93. The van der Waals surface area contributed by atoms with E-state index >= 15 is 0 Å². The van der Waals surface area contributed by atoms with Crippen molar-refractivity contribution in [2.24, 2.45) is 0 Å². The van der Waals surface area contributed by atoms with Crippen LogP contribution in [0.15, 0.2) is 47.4 Å². The predicted molar refractivity (Wildman–Crippen MR) is 114 cm³/mol. The number of hydrogen-bond donors (Lipinski definition) is 0. The Hall–Kier alpha value is -2.16. The zero-order chi connectivity index (χ0) is 20.4. The molecule has 0 aliphatic carbocycles. The van der Waals surface area contributed by atoms with Crippen molar-refractivity contribution in [1.82, 2.24) is 9.29 Å². The van der Waals surface area contributed by atoms with E-state index in [0.717, 1.165) is 28.1 Å². The summed E-state index contributed by atoms with van der Waals surface area (Å²) in [5.74, 6) is 1.00. The van der Waals surface area contributed by atoms with Gasteiger partial charge in [-0.15, -0.1) is 11.3 Å². The summed E-state index contributed by atoms with van der Waals surface area (Å²) in [6.07, 6.45) is 1.59. The molecule has 1 saturated heterocycles. The van der Waals surface area contributed by atoms with E-state index in [1.165, 1.54) is 0 Å². The molecule has 0 saturated carbocycles. The van der Waals surface area contributed by atoms with Crippen LogP contribution in [0.4, 0.5) is 0 Å². The molecule has 1 aromatic heterocycles. The summed E-state index contributed by atoms with van der Waals surface area (Å²) < 4.78 is 40.8. The smallest absolute Gasteiger partial charge is 0.243 e. The van der Waals surface area contributed by atoms with Crippen LogP contribution in [0, 0.1) is 0 Å². The average molecular weight is 433 g/mol. The van der Waals surface area contributed by atoms with Gasteiger partial charge < -0.3 is 9.47 Å². The molecule has 0 N–H and O–H groups in total. The van der Waals surface area contributed by atoms with Crippen LogP contribution in [-0.2, 0) is 10.0 Å². The van der Waals surface area contributed by atoms with Gasteiger partial charge in [0, 0.05) is 12.6 Å².